The Morgan fingerprint density at radius 1 is 1.32 bits per heavy atom. The molecule has 0 aliphatic carbocycles. The van der Waals surface area contributed by atoms with E-state index in [1.807, 2.05) is 32.3 Å². The molecule has 19 heavy (non-hydrogen) atoms. The molecule has 0 saturated carbocycles. The molecule has 1 aromatic heterocycles. The van der Waals surface area contributed by atoms with Gasteiger partial charge in [0.25, 0.3) is 0 Å². The van der Waals surface area contributed by atoms with E-state index in [0.29, 0.717) is 0 Å². The van der Waals surface area contributed by atoms with Gasteiger partial charge in [-0.05, 0) is 31.0 Å². The van der Waals surface area contributed by atoms with E-state index in [1.54, 1.807) is 11.8 Å². The minimum absolute atomic E-state index is 0.185. The smallest absolute Gasteiger partial charge is 0.127 e. The fourth-order valence-electron chi connectivity index (χ4n) is 2.23. The van der Waals surface area contributed by atoms with Gasteiger partial charge < -0.3 is 4.74 Å². The Balaban J connectivity index is 2.52. The molecule has 0 spiro atoms. The number of methoxy groups -OCH3 is 1. The summed E-state index contributed by atoms with van der Waals surface area (Å²) in [5.41, 5.74) is 6.99. The van der Waals surface area contributed by atoms with E-state index in [-0.39, 0.29) is 6.04 Å². The Labute approximate surface area is 113 Å². The zero-order valence-electron chi connectivity index (χ0n) is 11.8. The summed E-state index contributed by atoms with van der Waals surface area (Å²) in [6.07, 6.45) is 1.90. The molecule has 102 valence electrons. The topological polar surface area (TPSA) is 65.1 Å². The van der Waals surface area contributed by atoms with E-state index in [9.17, 15) is 0 Å². The SMILES string of the molecule is COc1c(C(NN)c2ccn(C)n2)ccc(C)c1C. The number of rotatable bonds is 4. The Morgan fingerprint density at radius 2 is 2.05 bits per heavy atom. The van der Waals surface area contributed by atoms with E-state index in [1.165, 1.54) is 5.56 Å². The number of hydrogen-bond donors (Lipinski definition) is 2. The first-order valence-electron chi connectivity index (χ1n) is 6.18. The fraction of sp³-hybridized carbons (Fsp3) is 0.357. The lowest BCUT2D eigenvalue weighted by Crippen LogP contribution is -2.29. The van der Waals surface area contributed by atoms with Gasteiger partial charge in [0.15, 0.2) is 0 Å². The minimum Gasteiger partial charge on any atom is -0.496 e. The zero-order chi connectivity index (χ0) is 14.0. The van der Waals surface area contributed by atoms with Crippen LogP contribution >= 0.6 is 0 Å². The number of nitrogens with one attached hydrogen (secondary N) is 1. The highest BCUT2D eigenvalue weighted by Gasteiger charge is 2.20. The summed E-state index contributed by atoms with van der Waals surface area (Å²) in [4.78, 5) is 0. The number of hydrogen-bond acceptors (Lipinski definition) is 4. The standard InChI is InChI=1S/C14H20N4O/c1-9-5-6-11(14(19-4)10(9)2)13(16-15)12-7-8-18(3)17-12/h5-8,13,16H,15H2,1-4H3. The first-order chi connectivity index (χ1) is 9.08. The highest BCUT2D eigenvalue weighted by molar-refractivity contribution is 5.48. The van der Waals surface area contributed by atoms with Crippen molar-refractivity contribution < 1.29 is 4.74 Å². The van der Waals surface area contributed by atoms with Gasteiger partial charge in [-0.2, -0.15) is 5.10 Å². The average molecular weight is 260 g/mol. The molecular weight excluding hydrogens is 240 g/mol. The Kier molecular flexibility index (Phi) is 3.87. The van der Waals surface area contributed by atoms with Crippen molar-refractivity contribution >= 4 is 0 Å². The van der Waals surface area contributed by atoms with E-state index in [4.69, 9.17) is 10.6 Å². The first kappa shape index (κ1) is 13.6. The second-order valence-electron chi connectivity index (χ2n) is 4.64. The van der Waals surface area contributed by atoms with Crippen LogP contribution in [0, 0.1) is 13.8 Å². The van der Waals surface area contributed by atoms with E-state index in [2.05, 4.69) is 23.5 Å². The first-order valence-corrected chi connectivity index (χ1v) is 6.18. The molecule has 0 aliphatic heterocycles. The number of nitrogens with two attached hydrogens (primary N) is 1. The molecule has 0 bridgehead atoms. The van der Waals surface area contributed by atoms with Crippen molar-refractivity contribution in [2.24, 2.45) is 12.9 Å². The van der Waals surface area contributed by atoms with Crippen molar-refractivity contribution in [3.05, 3.63) is 46.8 Å². The molecule has 5 nitrogen and oxygen atoms in total. The van der Waals surface area contributed by atoms with Crippen molar-refractivity contribution in [1.82, 2.24) is 15.2 Å². The van der Waals surface area contributed by atoms with Gasteiger partial charge in [-0.1, -0.05) is 12.1 Å². The average Bonchev–Trinajstić information content (AvgIpc) is 2.81. The Hall–Kier alpha value is -1.85. The van der Waals surface area contributed by atoms with E-state index < -0.39 is 0 Å². The third kappa shape index (κ3) is 2.47. The summed E-state index contributed by atoms with van der Waals surface area (Å²) in [5.74, 6) is 6.56. The number of nitrogens with zero attached hydrogens (tertiary/aromatic N) is 2. The number of aromatic nitrogens is 2. The van der Waals surface area contributed by atoms with Crippen molar-refractivity contribution in [1.29, 1.82) is 0 Å². The van der Waals surface area contributed by atoms with Gasteiger partial charge >= 0.3 is 0 Å². The fourth-order valence-corrected chi connectivity index (χ4v) is 2.23. The molecule has 1 aromatic carbocycles. The summed E-state index contributed by atoms with van der Waals surface area (Å²) in [6.45, 7) is 4.11. The highest BCUT2D eigenvalue weighted by Crippen LogP contribution is 2.33. The third-order valence-electron chi connectivity index (χ3n) is 3.42. The monoisotopic (exact) mass is 260 g/mol. The molecular formula is C14H20N4O. The summed E-state index contributed by atoms with van der Waals surface area (Å²) in [6, 6.07) is 5.86. The van der Waals surface area contributed by atoms with Crippen LogP contribution in [0.4, 0.5) is 0 Å². The molecule has 1 unspecified atom stereocenters. The van der Waals surface area contributed by atoms with Gasteiger partial charge in [-0.3, -0.25) is 10.5 Å². The number of hydrazine groups is 1. The molecule has 2 rings (SSSR count). The normalized spacial score (nSPS) is 12.5. The summed E-state index contributed by atoms with van der Waals surface area (Å²) in [7, 11) is 3.56. The van der Waals surface area contributed by atoms with Crippen LogP contribution < -0.4 is 16.0 Å². The summed E-state index contributed by atoms with van der Waals surface area (Å²) >= 11 is 0. The Bertz CT molecular complexity index is 577. The second-order valence-corrected chi connectivity index (χ2v) is 4.64. The molecule has 0 saturated heterocycles. The zero-order valence-corrected chi connectivity index (χ0v) is 11.8. The quantitative estimate of drug-likeness (QED) is 0.647. The van der Waals surface area contributed by atoms with Crippen molar-refractivity contribution in [3.8, 4) is 5.75 Å². The van der Waals surface area contributed by atoms with Crippen LogP contribution in [0.5, 0.6) is 5.75 Å². The lowest BCUT2D eigenvalue weighted by molar-refractivity contribution is 0.400. The molecule has 0 radical (unpaired) electrons. The van der Waals surface area contributed by atoms with Crippen LogP contribution in [0.3, 0.4) is 0 Å². The predicted octanol–water partition coefficient (Wildman–Crippen LogP) is 1.60. The third-order valence-corrected chi connectivity index (χ3v) is 3.42. The van der Waals surface area contributed by atoms with Gasteiger partial charge in [-0.25, -0.2) is 5.43 Å². The van der Waals surface area contributed by atoms with Gasteiger partial charge in [-0.15, -0.1) is 0 Å². The van der Waals surface area contributed by atoms with Crippen LogP contribution in [0.1, 0.15) is 28.4 Å². The van der Waals surface area contributed by atoms with Crippen molar-refractivity contribution in [2.75, 3.05) is 7.11 Å². The molecule has 1 atom stereocenters. The van der Waals surface area contributed by atoms with Crippen LogP contribution in [0.15, 0.2) is 24.4 Å². The lowest BCUT2D eigenvalue weighted by Gasteiger charge is -2.20. The van der Waals surface area contributed by atoms with Gasteiger partial charge in [0.2, 0.25) is 0 Å². The predicted molar refractivity (Wildman–Crippen MR) is 74.8 cm³/mol. The molecule has 0 aliphatic rings. The van der Waals surface area contributed by atoms with Gasteiger partial charge in [0.05, 0.1) is 18.8 Å². The number of ether oxygens (including phenoxy) is 1. The van der Waals surface area contributed by atoms with Crippen LogP contribution in [0.2, 0.25) is 0 Å². The number of aryl methyl sites for hydroxylation is 2. The largest absolute Gasteiger partial charge is 0.496 e. The second kappa shape index (κ2) is 5.42. The highest BCUT2D eigenvalue weighted by atomic mass is 16.5. The molecule has 5 heteroatoms. The molecule has 0 amide bonds. The van der Waals surface area contributed by atoms with Crippen LogP contribution in [-0.2, 0) is 7.05 Å². The van der Waals surface area contributed by atoms with Crippen LogP contribution in [-0.4, -0.2) is 16.9 Å². The van der Waals surface area contributed by atoms with Gasteiger partial charge in [0, 0.05) is 18.8 Å². The summed E-state index contributed by atoms with van der Waals surface area (Å²) < 4.78 is 7.30. The molecule has 3 N–H and O–H groups in total. The van der Waals surface area contributed by atoms with Gasteiger partial charge in [0.1, 0.15) is 5.75 Å². The maximum atomic E-state index is 5.70. The van der Waals surface area contributed by atoms with Crippen molar-refractivity contribution in [3.63, 3.8) is 0 Å². The molecule has 2 aromatic rings. The molecule has 0 fully saturated rings. The maximum Gasteiger partial charge on any atom is 0.127 e. The Morgan fingerprint density at radius 3 is 2.58 bits per heavy atom. The minimum atomic E-state index is -0.185. The van der Waals surface area contributed by atoms with E-state index in [0.717, 1.165) is 22.6 Å². The van der Waals surface area contributed by atoms with Crippen molar-refractivity contribution in [2.45, 2.75) is 19.9 Å². The summed E-state index contributed by atoms with van der Waals surface area (Å²) in [5, 5.41) is 4.40. The van der Waals surface area contributed by atoms with E-state index >= 15 is 0 Å². The maximum absolute atomic E-state index is 5.70. The number of benzene rings is 1. The molecule has 1 heterocycles. The lowest BCUT2D eigenvalue weighted by atomic mass is 9.97. The van der Waals surface area contributed by atoms with Crippen LogP contribution in [0.25, 0.3) is 0 Å².